The van der Waals surface area contributed by atoms with Gasteiger partial charge in [0.05, 0.1) is 23.4 Å². The lowest BCUT2D eigenvalue weighted by Gasteiger charge is -2.31. The molecule has 1 fully saturated rings. The van der Waals surface area contributed by atoms with E-state index in [0.717, 1.165) is 38.2 Å². The molecule has 1 aliphatic rings. The van der Waals surface area contributed by atoms with Crippen LogP contribution in [0.25, 0.3) is 0 Å². The largest absolute Gasteiger partial charge is 0.468 e. The van der Waals surface area contributed by atoms with E-state index < -0.39 is 11.7 Å². The van der Waals surface area contributed by atoms with E-state index in [2.05, 4.69) is 10.2 Å². The maximum absolute atomic E-state index is 13.7. The molecule has 1 N–H and O–H groups in total. The molecular formula is C18H20ClFN2O2. The van der Waals surface area contributed by atoms with Gasteiger partial charge in [-0.25, -0.2) is 4.39 Å². The second-order valence-electron chi connectivity index (χ2n) is 6.11. The van der Waals surface area contributed by atoms with Crippen molar-refractivity contribution in [1.82, 2.24) is 10.2 Å². The summed E-state index contributed by atoms with van der Waals surface area (Å²) in [6.45, 7) is 3.28. The maximum Gasteiger partial charge on any atom is 0.255 e. The second kappa shape index (κ2) is 7.81. The first kappa shape index (κ1) is 17.0. The first-order valence-corrected chi connectivity index (χ1v) is 8.48. The molecule has 24 heavy (non-hydrogen) atoms. The smallest absolute Gasteiger partial charge is 0.255 e. The minimum Gasteiger partial charge on any atom is -0.468 e. The highest BCUT2D eigenvalue weighted by Crippen LogP contribution is 2.21. The number of rotatable bonds is 5. The van der Waals surface area contributed by atoms with Crippen molar-refractivity contribution in [1.29, 1.82) is 0 Å². The van der Waals surface area contributed by atoms with Gasteiger partial charge in [-0.2, -0.15) is 0 Å². The molecule has 0 aliphatic carbocycles. The van der Waals surface area contributed by atoms with Crippen LogP contribution in [0.3, 0.4) is 0 Å². The third-order valence-electron chi connectivity index (χ3n) is 4.41. The van der Waals surface area contributed by atoms with E-state index in [-0.39, 0.29) is 10.6 Å². The molecule has 1 aromatic carbocycles. The molecule has 6 heteroatoms. The van der Waals surface area contributed by atoms with Gasteiger partial charge in [-0.15, -0.1) is 0 Å². The van der Waals surface area contributed by atoms with E-state index in [9.17, 15) is 9.18 Å². The number of hydrogen-bond donors (Lipinski definition) is 1. The lowest BCUT2D eigenvalue weighted by Crippen LogP contribution is -2.38. The third-order valence-corrected chi connectivity index (χ3v) is 4.72. The average Bonchev–Trinajstić information content (AvgIpc) is 3.07. The molecule has 1 saturated heterocycles. The van der Waals surface area contributed by atoms with Crippen LogP contribution in [0.5, 0.6) is 0 Å². The van der Waals surface area contributed by atoms with Crippen molar-refractivity contribution < 1.29 is 13.6 Å². The summed E-state index contributed by atoms with van der Waals surface area (Å²) in [5, 5.41) is 2.95. The fraction of sp³-hybridized carbons (Fsp3) is 0.389. The van der Waals surface area contributed by atoms with Gasteiger partial charge in [0, 0.05) is 6.54 Å². The van der Waals surface area contributed by atoms with E-state index in [1.807, 2.05) is 12.1 Å². The Morgan fingerprint density at radius 2 is 2.08 bits per heavy atom. The van der Waals surface area contributed by atoms with E-state index in [4.69, 9.17) is 16.0 Å². The molecule has 4 nitrogen and oxygen atoms in total. The zero-order valence-corrected chi connectivity index (χ0v) is 14.1. The summed E-state index contributed by atoms with van der Waals surface area (Å²) in [5.74, 6) is 0.327. The van der Waals surface area contributed by atoms with Crippen LogP contribution >= 0.6 is 11.6 Å². The number of nitrogens with one attached hydrogen (secondary N) is 1. The molecule has 0 radical (unpaired) electrons. The van der Waals surface area contributed by atoms with Crippen LogP contribution in [-0.4, -0.2) is 30.4 Å². The Labute approximate surface area is 145 Å². The van der Waals surface area contributed by atoms with Gasteiger partial charge < -0.3 is 9.73 Å². The highest BCUT2D eigenvalue weighted by Gasteiger charge is 2.22. The van der Waals surface area contributed by atoms with Crippen molar-refractivity contribution >= 4 is 17.5 Å². The Kier molecular flexibility index (Phi) is 5.53. The van der Waals surface area contributed by atoms with Gasteiger partial charge in [-0.3, -0.25) is 9.69 Å². The lowest BCUT2D eigenvalue weighted by molar-refractivity contribution is 0.0930. The van der Waals surface area contributed by atoms with E-state index in [1.165, 1.54) is 18.2 Å². The summed E-state index contributed by atoms with van der Waals surface area (Å²) in [5.41, 5.74) is -0.0746. The molecule has 3 rings (SSSR count). The van der Waals surface area contributed by atoms with Crippen LogP contribution in [0, 0.1) is 11.7 Å². The van der Waals surface area contributed by atoms with Gasteiger partial charge in [0.15, 0.2) is 0 Å². The van der Waals surface area contributed by atoms with Crippen molar-refractivity contribution in [2.45, 2.75) is 19.4 Å². The van der Waals surface area contributed by atoms with Gasteiger partial charge in [0.25, 0.3) is 5.91 Å². The third kappa shape index (κ3) is 4.16. The quantitative estimate of drug-likeness (QED) is 0.894. The Balaban J connectivity index is 1.46. The Morgan fingerprint density at radius 3 is 2.75 bits per heavy atom. The molecule has 0 atom stereocenters. The molecule has 128 valence electrons. The van der Waals surface area contributed by atoms with Crippen molar-refractivity contribution in [3.8, 4) is 0 Å². The van der Waals surface area contributed by atoms with E-state index in [1.54, 1.807) is 6.26 Å². The maximum atomic E-state index is 13.7. The first-order chi connectivity index (χ1) is 11.6. The Bertz CT molecular complexity index is 662. The summed E-state index contributed by atoms with van der Waals surface area (Å²) < 4.78 is 19.1. The van der Waals surface area contributed by atoms with E-state index in [0.29, 0.717) is 12.5 Å². The summed E-state index contributed by atoms with van der Waals surface area (Å²) in [7, 11) is 0. The topological polar surface area (TPSA) is 45.5 Å². The first-order valence-electron chi connectivity index (χ1n) is 8.10. The Hall–Kier alpha value is -1.85. The number of amides is 1. The number of likely N-dealkylation sites (tertiary alicyclic amines) is 1. The summed E-state index contributed by atoms with van der Waals surface area (Å²) >= 11 is 5.92. The van der Waals surface area contributed by atoms with Crippen LogP contribution in [0.4, 0.5) is 4.39 Å². The summed E-state index contributed by atoms with van der Waals surface area (Å²) in [6.07, 6.45) is 3.67. The number of piperidine rings is 1. The number of hydrogen-bond acceptors (Lipinski definition) is 3. The Morgan fingerprint density at radius 1 is 1.29 bits per heavy atom. The molecular weight excluding hydrogens is 331 g/mol. The number of carbonyl (C=O) groups excluding carboxylic acids is 1. The highest BCUT2D eigenvalue weighted by atomic mass is 35.5. The lowest BCUT2D eigenvalue weighted by atomic mass is 9.96. The van der Waals surface area contributed by atoms with Crippen LogP contribution in [0.1, 0.15) is 29.0 Å². The van der Waals surface area contributed by atoms with Gasteiger partial charge >= 0.3 is 0 Å². The second-order valence-corrected chi connectivity index (χ2v) is 6.51. The monoisotopic (exact) mass is 350 g/mol. The fourth-order valence-electron chi connectivity index (χ4n) is 3.01. The number of halogens is 2. The molecule has 0 bridgehead atoms. The normalized spacial score (nSPS) is 16.2. The molecule has 0 unspecified atom stereocenters. The van der Waals surface area contributed by atoms with Gasteiger partial charge in [0.1, 0.15) is 11.6 Å². The number of carbonyl (C=O) groups is 1. The van der Waals surface area contributed by atoms with Gasteiger partial charge in [0.2, 0.25) is 0 Å². The predicted octanol–water partition coefficient (Wildman–Crippen LogP) is 3.71. The molecule has 1 aliphatic heterocycles. The highest BCUT2D eigenvalue weighted by molar-refractivity contribution is 6.33. The average molecular weight is 351 g/mol. The summed E-state index contributed by atoms with van der Waals surface area (Å²) in [4.78, 5) is 14.5. The number of furan rings is 1. The minimum atomic E-state index is -0.590. The van der Waals surface area contributed by atoms with Gasteiger partial charge in [-0.1, -0.05) is 17.7 Å². The zero-order chi connectivity index (χ0) is 16.9. The van der Waals surface area contributed by atoms with Gasteiger partial charge in [-0.05, 0) is 56.1 Å². The van der Waals surface area contributed by atoms with Crippen molar-refractivity contribution in [2.75, 3.05) is 19.6 Å². The molecule has 2 aromatic rings. The molecule has 2 heterocycles. The van der Waals surface area contributed by atoms with Crippen molar-refractivity contribution in [3.05, 3.63) is 58.8 Å². The molecule has 0 saturated carbocycles. The predicted molar refractivity (Wildman–Crippen MR) is 90.5 cm³/mol. The number of benzene rings is 1. The number of nitrogens with zero attached hydrogens (tertiary/aromatic N) is 1. The minimum absolute atomic E-state index is 0.0746. The molecule has 1 aromatic heterocycles. The van der Waals surface area contributed by atoms with Crippen molar-refractivity contribution in [3.63, 3.8) is 0 Å². The standard InChI is InChI=1S/C18H20ClFN2O2/c19-15-4-1-5-16(20)17(15)18(23)21-11-13-6-8-22(9-7-13)12-14-3-2-10-24-14/h1-5,10,13H,6-9,11-12H2,(H,21,23). The van der Waals surface area contributed by atoms with Crippen LogP contribution < -0.4 is 5.32 Å². The zero-order valence-electron chi connectivity index (χ0n) is 13.3. The van der Waals surface area contributed by atoms with Crippen LogP contribution in [-0.2, 0) is 6.54 Å². The van der Waals surface area contributed by atoms with E-state index >= 15 is 0 Å². The van der Waals surface area contributed by atoms with Crippen LogP contribution in [0.15, 0.2) is 41.0 Å². The van der Waals surface area contributed by atoms with Crippen molar-refractivity contribution in [2.24, 2.45) is 5.92 Å². The molecule has 1 amide bonds. The van der Waals surface area contributed by atoms with Crippen LogP contribution in [0.2, 0.25) is 5.02 Å². The summed E-state index contributed by atoms with van der Waals surface area (Å²) in [6, 6.07) is 8.12. The molecule has 0 spiro atoms. The fourth-order valence-corrected chi connectivity index (χ4v) is 3.26. The SMILES string of the molecule is O=C(NCC1CCN(Cc2ccco2)CC1)c1c(F)cccc1Cl.